The highest BCUT2D eigenvalue weighted by Crippen LogP contribution is 2.36. The average Bonchev–Trinajstić information content (AvgIpc) is 2.44. The van der Waals surface area contributed by atoms with Crippen LogP contribution >= 0.6 is 23.2 Å². The fraction of sp³-hybridized carbons (Fsp3) is 0.600. The van der Waals surface area contributed by atoms with E-state index in [1.165, 1.54) is 38.2 Å². The summed E-state index contributed by atoms with van der Waals surface area (Å²) < 4.78 is 13.6. The Kier molecular flexibility index (Phi) is 5.49. The molecule has 1 aromatic rings. The fourth-order valence-electron chi connectivity index (χ4n) is 2.80. The molecule has 0 heterocycles. The molecular formula is C15H20Cl2FN. The van der Waals surface area contributed by atoms with Gasteiger partial charge in [0.05, 0.1) is 0 Å². The molecule has 0 aromatic heterocycles. The maximum atomic E-state index is 13.6. The van der Waals surface area contributed by atoms with Crippen molar-refractivity contribution in [2.24, 2.45) is 5.41 Å². The Balaban J connectivity index is 1.90. The van der Waals surface area contributed by atoms with Gasteiger partial charge in [-0.1, -0.05) is 30.9 Å². The molecule has 0 atom stereocenters. The van der Waals surface area contributed by atoms with Gasteiger partial charge in [0.25, 0.3) is 0 Å². The lowest BCUT2D eigenvalue weighted by atomic mass is 9.75. The van der Waals surface area contributed by atoms with E-state index in [9.17, 15) is 4.39 Å². The Morgan fingerprint density at radius 1 is 1.21 bits per heavy atom. The minimum absolute atomic E-state index is 0.189. The van der Waals surface area contributed by atoms with E-state index >= 15 is 0 Å². The SMILES string of the molecule is Fc1ccc(Cl)cc1CNCC1(CCl)CCCCC1. The van der Waals surface area contributed by atoms with Crippen LogP contribution in [0.1, 0.15) is 37.7 Å². The third-order valence-electron chi connectivity index (χ3n) is 4.02. The van der Waals surface area contributed by atoms with Crippen molar-refractivity contribution in [2.45, 2.75) is 38.6 Å². The van der Waals surface area contributed by atoms with E-state index in [-0.39, 0.29) is 11.2 Å². The van der Waals surface area contributed by atoms with Crippen LogP contribution in [0.25, 0.3) is 0 Å². The lowest BCUT2D eigenvalue weighted by molar-refractivity contribution is 0.212. The summed E-state index contributed by atoms with van der Waals surface area (Å²) in [5.41, 5.74) is 0.808. The van der Waals surface area contributed by atoms with E-state index in [2.05, 4.69) is 5.32 Å². The monoisotopic (exact) mass is 303 g/mol. The van der Waals surface area contributed by atoms with Gasteiger partial charge in [0.1, 0.15) is 5.82 Å². The van der Waals surface area contributed by atoms with Crippen LogP contribution in [0.3, 0.4) is 0 Å². The summed E-state index contributed by atoms with van der Waals surface area (Å²) in [5, 5.41) is 3.92. The molecule has 19 heavy (non-hydrogen) atoms. The molecular weight excluding hydrogens is 284 g/mol. The van der Waals surface area contributed by atoms with Gasteiger partial charge < -0.3 is 5.32 Å². The Morgan fingerprint density at radius 2 is 1.95 bits per heavy atom. The van der Waals surface area contributed by atoms with Gasteiger partial charge in [-0.3, -0.25) is 0 Å². The third-order valence-corrected chi connectivity index (χ3v) is 4.82. The van der Waals surface area contributed by atoms with Crippen LogP contribution in [0.2, 0.25) is 5.02 Å². The van der Waals surface area contributed by atoms with Crippen molar-refractivity contribution in [3.8, 4) is 0 Å². The normalized spacial score (nSPS) is 18.5. The summed E-state index contributed by atoms with van der Waals surface area (Å²) >= 11 is 12.0. The molecule has 1 aliphatic carbocycles. The summed E-state index contributed by atoms with van der Waals surface area (Å²) in [4.78, 5) is 0. The fourth-order valence-corrected chi connectivity index (χ4v) is 3.36. The van der Waals surface area contributed by atoms with Gasteiger partial charge in [0, 0.05) is 29.6 Å². The molecule has 0 unspecified atom stereocenters. The van der Waals surface area contributed by atoms with E-state index in [0.717, 1.165) is 6.54 Å². The zero-order chi connectivity index (χ0) is 13.7. The molecule has 0 radical (unpaired) electrons. The Hall–Kier alpha value is -0.310. The number of halogens is 3. The quantitative estimate of drug-likeness (QED) is 0.774. The summed E-state index contributed by atoms with van der Waals surface area (Å²) in [6.07, 6.45) is 6.14. The molecule has 1 fully saturated rings. The van der Waals surface area contributed by atoms with Gasteiger partial charge in [-0.2, -0.15) is 0 Å². The van der Waals surface area contributed by atoms with Crippen LogP contribution in [0, 0.1) is 11.2 Å². The Morgan fingerprint density at radius 3 is 2.63 bits per heavy atom. The van der Waals surface area contributed by atoms with Crippen LogP contribution in [-0.2, 0) is 6.54 Å². The van der Waals surface area contributed by atoms with Gasteiger partial charge in [0.15, 0.2) is 0 Å². The predicted molar refractivity (Wildman–Crippen MR) is 79.4 cm³/mol. The minimum atomic E-state index is -0.208. The maximum absolute atomic E-state index is 13.6. The van der Waals surface area contributed by atoms with Crippen LogP contribution in [0.5, 0.6) is 0 Å². The second kappa shape index (κ2) is 6.92. The Labute approximate surface area is 124 Å². The highest BCUT2D eigenvalue weighted by Gasteiger charge is 2.30. The zero-order valence-corrected chi connectivity index (χ0v) is 12.5. The first-order chi connectivity index (χ1) is 9.15. The van der Waals surface area contributed by atoms with Gasteiger partial charge in [-0.05, 0) is 36.5 Å². The number of nitrogens with one attached hydrogen (secondary N) is 1. The van der Waals surface area contributed by atoms with Crippen molar-refractivity contribution in [3.05, 3.63) is 34.6 Å². The molecule has 0 saturated heterocycles. The molecule has 4 heteroatoms. The first-order valence-electron chi connectivity index (χ1n) is 6.86. The molecule has 106 valence electrons. The van der Waals surface area contributed by atoms with Gasteiger partial charge in [0.2, 0.25) is 0 Å². The molecule has 0 bridgehead atoms. The number of hydrogen-bond donors (Lipinski definition) is 1. The average molecular weight is 304 g/mol. The second-order valence-corrected chi connectivity index (χ2v) is 6.24. The molecule has 1 aliphatic rings. The van der Waals surface area contributed by atoms with Crippen molar-refractivity contribution < 1.29 is 4.39 Å². The smallest absolute Gasteiger partial charge is 0.127 e. The number of rotatable bonds is 5. The van der Waals surface area contributed by atoms with E-state index < -0.39 is 0 Å². The number of hydrogen-bond acceptors (Lipinski definition) is 1. The van der Waals surface area contributed by atoms with Crippen LogP contribution in [0.4, 0.5) is 4.39 Å². The topological polar surface area (TPSA) is 12.0 Å². The molecule has 1 nitrogen and oxygen atoms in total. The van der Waals surface area contributed by atoms with Crippen LogP contribution in [-0.4, -0.2) is 12.4 Å². The van der Waals surface area contributed by atoms with Crippen molar-refractivity contribution >= 4 is 23.2 Å². The second-order valence-electron chi connectivity index (χ2n) is 5.53. The van der Waals surface area contributed by atoms with E-state index in [4.69, 9.17) is 23.2 Å². The van der Waals surface area contributed by atoms with E-state index in [1.54, 1.807) is 12.1 Å². The van der Waals surface area contributed by atoms with Crippen molar-refractivity contribution in [1.29, 1.82) is 0 Å². The van der Waals surface area contributed by atoms with Gasteiger partial charge >= 0.3 is 0 Å². The highest BCUT2D eigenvalue weighted by atomic mass is 35.5. The minimum Gasteiger partial charge on any atom is -0.312 e. The first-order valence-corrected chi connectivity index (χ1v) is 7.77. The van der Waals surface area contributed by atoms with Gasteiger partial charge in [-0.15, -0.1) is 11.6 Å². The summed E-state index contributed by atoms with van der Waals surface area (Å²) in [7, 11) is 0. The van der Waals surface area contributed by atoms with E-state index in [0.29, 0.717) is 23.0 Å². The molecule has 1 saturated carbocycles. The van der Waals surface area contributed by atoms with Crippen molar-refractivity contribution in [3.63, 3.8) is 0 Å². The maximum Gasteiger partial charge on any atom is 0.127 e. The first kappa shape index (κ1) is 15.1. The largest absolute Gasteiger partial charge is 0.312 e. The molecule has 1 aromatic carbocycles. The standard InChI is InChI=1S/C15H20Cl2FN/c16-10-15(6-2-1-3-7-15)11-19-9-12-8-13(17)4-5-14(12)18/h4-5,8,19H,1-3,6-7,9-11H2. The van der Waals surface area contributed by atoms with Crippen LogP contribution < -0.4 is 5.32 Å². The molecule has 2 rings (SSSR count). The molecule has 0 spiro atoms. The van der Waals surface area contributed by atoms with Crippen molar-refractivity contribution in [1.82, 2.24) is 5.32 Å². The summed E-state index contributed by atoms with van der Waals surface area (Å²) in [6.45, 7) is 1.35. The summed E-state index contributed by atoms with van der Waals surface area (Å²) in [6, 6.07) is 4.66. The molecule has 0 aliphatic heterocycles. The molecule has 0 amide bonds. The number of benzene rings is 1. The highest BCUT2D eigenvalue weighted by molar-refractivity contribution is 6.30. The number of alkyl halides is 1. The lowest BCUT2D eigenvalue weighted by Gasteiger charge is -2.35. The third kappa shape index (κ3) is 4.08. The van der Waals surface area contributed by atoms with Crippen LogP contribution in [0.15, 0.2) is 18.2 Å². The predicted octanol–water partition coefficient (Wildman–Crippen LogP) is 4.76. The Bertz CT molecular complexity index is 417. The lowest BCUT2D eigenvalue weighted by Crippen LogP contribution is -2.37. The van der Waals surface area contributed by atoms with Gasteiger partial charge in [-0.25, -0.2) is 4.39 Å². The van der Waals surface area contributed by atoms with E-state index in [1.807, 2.05) is 0 Å². The zero-order valence-electron chi connectivity index (χ0n) is 11.0. The molecule has 1 N–H and O–H groups in total. The van der Waals surface area contributed by atoms with Crippen molar-refractivity contribution in [2.75, 3.05) is 12.4 Å². The summed E-state index contributed by atoms with van der Waals surface area (Å²) in [5.74, 6) is 0.471.